The lowest BCUT2D eigenvalue weighted by molar-refractivity contribution is -0.124. The van der Waals surface area contributed by atoms with Crippen LogP contribution in [-0.4, -0.2) is 44.2 Å². The summed E-state index contributed by atoms with van der Waals surface area (Å²) in [7, 11) is 4.27. The number of carbonyl (C=O) groups is 2. The maximum atomic E-state index is 13.6. The summed E-state index contributed by atoms with van der Waals surface area (Å²) in [5.74, 6) is -0.786. The molecule has 0 bridgehead atoms. The van der Waals surface area contributed by atoms with Crippen molar-refractivity contribution in [1.82, 2.24) is 10.2 Å². The van der Waals surface area contributed by atoms with E-state index in [1.54, 1.807) is 24.9 Å². The van der Waals surface area contributed by atoms with Crippen LogP contribution in [0.15, 0.2) is 18.2 Å². The van der Waals surface area contributed by atoms with Crippen LogP contribution in [0.1, 0.15) is 12.5 Å². The third kappa shape index (κ3) is 4.71. The van der Waals surface area contributed by atoms with Gasteiger partial charge < -0.3 is 9.47 Å². The van der Waals surface area contributed by atoms with E-state index in [9.17, 15) is 14.0 Å². The molecule has 116 valence electrons. The van der Waals surface area contributed by atoms with Crippen LogP contribution in [0, 0.1) is 5.82 Å². The number of imide groups is 1. The Morgan fingerprint density at radius 2 is 2.05 bits per heavy atom. The van der Waals surface area contributed by atoms with E-state index in [-0.39, 0.29) is 5.75 Å². The molecule has 0 aliphatic heterocycles. The molecule has 0 aromatic heterocycles. The number of likely N-dealkylation sites (N-methyl/N-ethyl adjacent to an activating group) is 1. The van der Waals surface area contributed by atoms with E-state index in [0.717, 1.165) is 0 Å². The second-order valence-corrected chi connectivity index (χ2v) is 4.54. The average Bonchev–Trinajstić information content (AvgIpc) is 2.46. The van der Waals surface area contributed by atoms with Gasteiger partial charge in [-0.25, -0.2) is 9.18 Å². The second-order valence-electron chi connectivity index (χ2n) is 4.54. The summed E-state index contributed by atoms with van der Waals surface area (Å²) in [6.45, 7) is 1.98. The zero-order valence-corrected chi connectivity index (χ0v) is 12.5. The number of ether oxygens (including phenoxy) is 2. The maximum absolute atomic E-state index is 13.6. The molecule has 21 heavy (non-hydrogen) atoms. The Balaban J connectivity index is 2.67. The van der Waals surface area contributed by atoms with E-state index in [4.69, 9.17) is 4.74 Å². The number of halogens is 1. The molecule has 1 N–H and O–H groups in total. The molecule has 2 amide bonds. The fraction of sp³-hybridized carbons (Fsp3) is 0.429. The molecule has 0 radical (unpaired) electrons. The van der Waals surface area contributed by atoms with Gasteiger partial charge in [0.15, 0.2) is 11.6 Å². The minimum absolute atomic E-state index is 0.165. The first-order valence-corrected chi connectivity index (χ1v) is 6.30. The number of methoxy groups -OCH3 is 2. The molecule has 0 fully saturated rings. The summed E-state index contributed by atoms with van der Waals surface area (Å²) in [6, 6.07) is 4.01. The number of amides is 2. The number of hydrogen-bond donors (Lipinski definition) is 1. The van der Waals surface area contributed by atoms with Gasteiger partial charge in [-0.3, -0.25) is 15.0 Å². The van der Waals surface area contributed by atoms with Gasteiger partial charge in [0.05, 0.1) is 20.3 Å². The lowest BCUT2D eigenvalue weighted by atomic mass is 10.1. The predicted octanol–water partition coefficient (Wildman–Crippen LogP) is 1.54. The van der Waals surface area contributed by atoms with Crippen molar-refractivity contribution in [1.29, 1.82) is 0 Å². The van der Waals surface area contributed by atoms with Crippen LogP contribution in [-0.2, 0) is 16.1 Å². The first-order valence-electron chi connectivity index (χ1n) is 6.30. The van der Waals surface area contributed by atoms with Crippen molar-refractivity contribution in [3.63, 3.8) is 0 Å². The van der Waals surface area contributed by atoms with Crippen molar-refractivity contribution in [3.05, 3.63) is 29.6 Å². The monoisotopic (exact) mass is 298 g/mol. The van der Waals surface area contributed by atoms with Gasteiger partial charge in [0.1, 0.15) is 0 Å². The van der Waals surface area contributed by atoms with Crippen molar-refractivity contribution in [2.45, 2.75) is 19.5 Å². The maximum Gasteiger partial charge on any atom is 0.413 e. The highest BCUT2D eigenvalue weighted by Gasteiger charge is 2.20. The SMILES string of the molecule is COC(=O)NC(=O)[C@@H](C)N(C)Cc1ccc(OC)c(F)c1. The molecular weight excluding hydrogens is 279 g/mol. The Bertz CT molecular complexity index is 522. The molecule has 0 aliphatic rings. The number of nitrogens with one attached hydrogen (secondary N) is 1. The van der Waals surface area contributed by atoms with Crippen LogP contribution < -0.4 is 10.1 Å². The minimum Gasteiger partial charge on any atom is -0.494 e. The largest absolute Gasteiger partial charge is 0.494 e. The smallest absolute Gasteiger partial charge is 0.413 e. The topological polar surface area (TPSA) is 67.9 Å². The highest BCUT2D eigenvalue weighted by Crippen LogP contribution is 2.18. The van der Waals surface area contributed by atoms with Crippen molar-refractivity contribution < 1.29 is 23.5 Å². The summed E-state index contributed by atoms with van der Waals surface area (Å²) < 4.78 is 22.8. The van der Waals surface area contributed by atoms with Crippen LogP contribution in [0.4, 0.5) is 9.18 Å². The van der Waals surface area contributed by atoms with Gasteiger partial charge in [-0.2, -0.15) is 0 Å². The highest BCUT2D eigenvalue weighted by molar-refractivity contribution is 5.94. The molecule has 0 aliphatic carbocycles. The molecule has 0 heterocycles. The minimum atomic E-state index is -0.809. The fourth-order valence-electron chi connectivity index (χ4n) is 1.69. The quantitative estimate of drug-likeness (QED) is 0.893. The van der Waals surface area contributed by atoms with E-state index in [1.807, 2.05) is 0 Å². The Morgan fingerprint density at radius 3 is 2.57 bits per heavy atom. The van der Waals surface area contributed by atoms with Crippen LogP contribution >= 0.6 is 0 Å². The van der Waals surface area contributed by atoms with Gasteiger partial charge in [-0.1, -0.05) is 6.07 Å². The summed E-state index contributed by atoms with van der Waals surface area (Å²) in [5.41, 5.74) is 0.688. The molecule has 0 unspecified atom stereocenters. The number of rotatable bonds is 5. The Kier molecular flexibility index (Phi) is 6.10. The van der Waals surface area contributed by atoms with Crippen molar-refractivity contribution in [2.24, 2.45) is 0 Å². The van der Waals surface area contributed by atoms with Gasteiger partial charge >= 0.3 is 6.09 Å². The standard InChI is InChI=1S/C14H19FN2O4/c1-9(13(18)16-14(19)21-4)17(2)8-10-5-6-12(20-3)11(15)7-10/h5-7,9H,8H2,1-4H3,(H,16,18,19)/t9-/m1/s1. The van der Waals surface area contributed by atoms with E-state index in [0.29, 0.717) is 12.1 Å². The Labute approximate surface area is 122 Å². The summed E-state index contributed by atoms with van der Waals surface area (Å²) in [6.07, 6.45) is -0.809. The number of carbonyl (C=O) groups excluding carboxylic acids is 2. The van der Waals surface area contributed by atoms with Gasteiger partial charge in [-0.15, -0.1) is 0 Å². The average molecular weight is 298 g/mol. The zero-order valence-electron chi connectivity index (χ0n) is 12.5. The molecule has 0 spiro atoms. The molecule has 1 rings (SSSR count). The molecule has 0 saturated carbocycles. The summed E-state index contributed by atoms with van der Waals surface area (Å²) >= 11 is 0. The number of nitrogens with zero attached hydrogens (tertiary/aromatic N) is 1. The second kappa shape index (κ2) is 7.58. The van der Waals surface area contributed by atoms with Gasteiger partial charge in [0.25, 0.3) is 0 Å². The highest BCUT2D eigenvalue weighted by atomic mass is 19.1. The fourth-order valence-corrected chi connectivity index (χ4v) is 1.69. The third-order valence-electron chi connectivity index (χ3n) is 3.10. The van der Waals surface area contributed by atoms with E-state index in [1.165, 1.54) is 26.4 Å². The van der Waals surface area contributed by atoms with Gasteiger partial charge in [-0.05, 0) is 31.7 Å². The van der Waals surface area contributed by atoms with Crippen LogP contribution in [0.25, 0.3) is 0 Å². The van der Waals surface area contributed by atoms with Crippen LogP contribution in [0.3, 0.4) is 0 Å². The molecule has 6 nitrogen and oxygen atoms in total. The molecule has 1 aromatic carbocycles. The van der Waals surface area contributed by atoms with Gasteiger partial charge in [0, 0.05) is 6.54 Å². The molecular formula is C14H19FN2O4. The van der Waals surface area contributed by atoms with E-state index < -0.39 is 23.9 Å². The molecule has 1 aromatic rings. The molecule has 1 atom stereocenters. The van der Waals surface area contributed by atoms with Gasteiger partial charge in [0.2, 0.25) is 5.91 Å². The predicted molar refractivity (Wildman–Crippen MR) is 74.4 cm³/mol. The third-order valence-corrected chi connectivity index (χ3v) is 3.10. The van der Waals surface area contributed by atoms with Crippen molar-refractivity contribution in [2.75, 3.05) is 21.3 Å². The zero-order chi connectivity index (χ0) is 16.0. The molecule has 7 heteroatoms. The Hall–Kier alpha value is -2.15. The lowest BCUT2D eigenvalue weighted by Gasteiger charge is -2.23. The van der Waals surface area contributed by atoms with E-state index in [2.05, 4.69) is 10.1 Å². The number of alkyl carbamates (subject to hydrolysis) is 1. The first-order chi connectivity index (χ1) is 9.88. The molecule has 0 saturated heterocycles. The van der Waals surface area contributed by atoms with E-state index >= 15 is 0 Å². The van der Waals surface area contributed by atoms with Crippen LogP contribution in [0.2, 0.25) is 0 Å². The van der Waals surface area contributed by atoms with Crippen LogP contribution in [0.5, 0.6) is 5.75 Å². The Morgan fingerprint density at radius 1 is 1.38 bits per heavy atom. The van der Waals surface area contributed by atoms with Crippen molar-refractivity contribution >= 4 is 12.0 Å². The number of benzene rings is 1. The summed E-state index contributed by atoms with van der Waals surface area (Å²) in [5, 5.41) is 2.09. The van der Waals surface area contributed by atoms with Crippen molar-refractivity contribution in [3.8, 4) is 5.75 Å². The normalized spacial score (nSPS) is 11.9. The lowest BCUT2D eigenvalue weighted by Crippen LogP contribution is -2.45. The number of hydrogen-bond acceptors (Lipinski definition) is 5. The first kappa shape index (κ1) is 16.9. The summed E-state index contributed by atoms with van der Waals surface area (Å²) in [4.78, 5) is 24.4.